The van der Waals surface area contributed by atoms with Crippen LogP contribution in [0, 0.1) is 0 Å². The van der Waals surface area contributed by atoms with Crippen LogP contribution < -0.4 is 0 Å². The molecule has 0 amide bonds. The molecule has 0 aromatic rings. The first-order chi connectivity index (χ1) is 6.90. The molecule has 0 heterocycles. The molecule has 0 aromatic carbocycles. The van der Waals surface area contributed by atoms with Crippen molar-refractivity contribution < 1.29 is 27.8 Å². The third kappa shape index (κ3) is 7.58. The highest BCUT2D eigenvalue weighted by atomic mass is 19.4. The molecule has 0 rings (SSSR count). The summed E-state index contributed by atoms with van der Waals surface area (Å²) < 4.78 is 45.5. The maximum atomic E-state index is 11.9. The zero-order valence-corrected chi connectivity index (χ0v) is 8.88. The third-order valence-corrected chi connectivity index (χ3v) is 1.70. The molecule has 0 spiro atoms. The quantitative estimate of drug-likeness (QED) is 0.680. The summed E-state index contributed by atoms with van der Waals surface area (Å²) in [6, 6.07) is 0. The van der Waals surface area contributed by atoms with Crippen LogP contribution in [0.5, 0.6) is 0 Å². The fourth-order valence-electron chi connectivity index (χ4n) is 1.05. The summed E-state index contributed by atoms with van der Waals surface area (Å²) >= 11 is 0. The lowest BCUT2D eigenvalue weighted by Crippen LogP contribution is -2.33. The fourth-order valence-corrected chi connectivity index (χ4v) is 1.05. The lowest BCUT2D eigenvalue weighted by molar-refractivity contribution is -0.200. The van der Waals surface area contributed by atoms with E-state index in [0.29, 0.717) is 0 Å². The summed E-state index contributed by atoms with van der Waals surface area (Å²) in [6.45, 7) is 3.94. The van der Waals surface area contributed by atoms with E-state index in [2.05, 4.69) is 0 Å². The Kier molecular flexibility index (Phi) is 6.87. The van der Waals surface area contributed by atoms with Crippen molar-refractivity contribution in [3.63, 3.8) is 0 Å². The molecule has 0 aliphatic heterocycles. The molecule has 0 saturated heterocycles. The molecule has 1 unspecified atom stereocenters. The average Bonchev–Trinajstić information content (AvgIpc) is 2.13. The van der Waals surface area contributed by atoms with Crippen molar-refractivity contribution in [1.82, 2.24) is 0 Å². The van der Waals surface area contributed by atoms with E-state index in [4.69, 9.17) is 9.47 Å². The molecular formula is C9H17F3O3. The molecule has 92 valence electrons. The summed E-state index contributed by atoms with van der Waals surface area (Å²) in [4.78, 5) is 0. The van der Waals surface area contributed by atoms with E-state index in [9.17, 15) is 18.3 Å². The van der Waals surface area contributed by atoms with Crippen molar-refractivity contribution in [2.75, 3.05) is 13.2 Å². The van der Waals surface area contributed by atoms with Gasteiger partial charge in [0.2, 0.25) is 0 Å². The Morgan fingerprint density at radius 2 is 1.60 bits per heavy atom. The minimum absolute atomic E-state index is 0.285. The van der Waals surface area contributed by atoms with E-state index in [-0.39, 0.29) is 13.2 Å². The Hall–Kier alpha value is -0.330. The van der Waals surface area contributed by atoms with Gasteiger partial charge in [-0.25, -0.2) is 0 Å². The van der Waals surface area contributed by atoms with Crippen LogP contribution in [-0.4, -0.2) is 36.9 Å². The van der Waals surface area contributed by atoms with Gasteiger partial charge in [-0.3, -0.25) is 0 Å². The number of aliphatic hydroxyl groups is 1. The van der Waals surface area contributed by atoms with Gasteiger partial charge in [0.05, 0.1) is 0 Å². The third-order valence-electron chi connectivity index (χ3n) is 1.70. The first kappa shape index (κ1) is 14.7. The Morgan fingerprint density at radius 1 is 1.13 bits per heavy atom. The highest BCUT2D eigenvalue weighted by Gasteiger charge is 2.30. The van der Waals surface area contributed by atoms with Crippen LogP contribution in [0.4, 0.5) is 13.2 Å². The maximum Gasteiger partial charge on any atom is 0.389 e. The molecule has 1 atom stereocenters. The molecule has 0 fully saturated rings. The van der Waals surface area contributed by atoms with Crippen LogP contribution in [0.3, 0.4) is 0 Å². The highest BCUT2D eigenvalue weighted by molar-refractivity contribution is 4.63. The number of alkyl halides is 3. The second kappa shape index (κ2) is 7.03. The molecule has 0 bridgehead atoms. The van der Waals surface area contributed by atoms with Gasteiger partial charge in [-0.15, -0.1) is 0 Å². The minimum atomic E-state index is -4.26. The Labute approximate surface area is 87.2 Å². The van der Waals surface area contributed by atoms with Crippen LogP contribution in [-0.2, 0) is 9.47 Å². The van der Waals surface area contributed by atoms with E-state index in [0.717, 1.165) is 0 Å². The predicted octanol–water partition coefficient (Wildman–Crippen LogP) is 2.09. The van der Waals surface area contributed by atoms with Crippen molar-refractivity contribution in [2.24, 2.45) is 0 Å². The van der Waals surface area contributed by atoms with E-state index >= 15 is 0 Å². The first-order valence-electron chi connectivity index (χ1n) is 4.88. The van der Waals surface area contributed by atoms with Crippen molar-refractivity contribution in [1.29, 1.82) is 0 Å². The largest absolute Gasteiger partial charge is 0.389 e. The number of hydrogen-bond donors (Lipinski definition) is 1. The Bertz CT molecular complexity index is 155. The molecule has 0 aliphatic carbocycles. The monoisotopic (exact) mass is 230 g/mol. The van der Waals surface area contributed by atoms with Gasteiger partial charge < -0.3 is 14.6 Å². The van der Waals surface area contributed by atoms with E-state index in [1.54, 1.807) is 13.8 Å². The zero-order valence-electron chi connectivity index (χ0n) is 8.88. The van der Waals surface area contributed by atoms with Crippen LogP contribution in [0.2, 0.25) is 0 Å². The number of rotatable bonds is 7. The molecule has 0 saturated carbocycles. The Balaban J connectivity index is 3.96. The summed E-state index contributed by atoms with van der Waals surface area (Å²) in [5.41, 5.74) is 0. The van der Waals surface area contributed by atoms with Crippen molar-refractivity contribution in [3.8, 4) is 0 Å². The standard InChI is InChI=1S/C9H17F3O3/c1-3-14-8(15-4-2)7(13)5-6-9(10,11)12/h7-8,13H,3-6H2,1-2H3. The molecule has 15 heavy (non-hydrogen) atoms. The minimum Gasteiger partial charge on any atom is -0.388 e. The maximum absolute atomic E-state index is 11.9. The van der Waals surface area contributed by atoms with Crippen LogP contribution >= 0.6 is 0 Å². The first-order valence-corrected chi connectivity index (χ1v) is 4.88. The van der Waals surface area contributed by atoms with Crippen LogP contribution in [0.15, 0.2) is 0 Å². The second-order valence-electron chi connectivity index (χ2n) is 3.00. The normalized spacial score (nSPS) is 14.6. The molecule has 0 aromatic heterocycles. The average molecular weight is 230 g/mol. The van der Waals surface area contributed by atoms with Gasteiger partial charge in [0.25, 0.3) is 0 Å². The zero-order chi connectivity index (χ0) is 11.9. The van der Waals surface area contributed by atoms with Crippen molar-refractivity contribution in [2.45, 2.75) is 45.3 Å². The number of hydrogen-bond acceptors (Lipinski definition) is 3. The summed E-state index contributed by atoms with van der Waals surface area (Å²) in [6.07, 6.45) is -7.92. The van der Waals surface area contributed by atoms with Gasteiger partial charge >= 0.3 is 6.18 Å². The van der Waals surface area contributed by atoms with Gasteiger partial charge in [0, 0.05) is 19.6 Å². The van der Waals surface area contributed by atoms with E-state index in [1.807, 2.05) is 0 Å². The van der Waals surface area contributed by atoms with Gasteiger partial charge in [0.1, 0.15) is 6.10 Å². The molecule has 0 radical (unpaired) electrons. The van der Waals surface area contributed by atoms with Gasteiger partial charge in [0.15, 0.2) is 6.29 Å². The van der Waals surface area contributed by atoms with Crippen molar-refractivity contribution in [3.05, 3.63) is 0 Å². The highest BCUT2D eigenvalue weighted by Crippen LogP contribution is 2.23. The molecule has 6 heteroatoms. The lowest BCUT2D eigenvalue weighted by atomic mass is 10.2. The fraction of sp³-hybridized carbons (Fsp3) is 1.00. The lowest BCUT2D eigenvalue weighted by Gasteiger charge is -2.22. The van der Waals surface area contributed by atoms with E-state index < -0.39 is 31.4 Å². The van der Waals surface area contributed by atoms with Gasteiger partial charge in [-0.2, -0.15) is 13.2 Å². The number of ether oxygens (including phenoxy) is 2. The SMILES string of the molecule is CCOC(OCC)C(O)CCC(F)(F)F. The number of aliphatic hydroxyl groups excluding tert-OH is 1. The predicted molar refractivity (Wildman–Crippen MR) is 48.3 cm³/mol. The smallest absolute Gasteiger partial charge is 0.388 e. The molecule has 0 aliphatic rings. The molecule has 1 N–H and O–H groups in total. The number of halogens is 3. The van der Waals surface area contributed by atoms with Crippen LogP contribution in [0.1, 0.15) is 26.7 Å². The van der Waals surface area contributed by atoms with Gasteiger partial charge in [-0.05, 0) is 20.3 Å². The summed E-state index contributed by atoms with van der Waals surface area (Å²) in [7, 11) is 0. The van der Waals surface area contributed by atoms with Crippen LogP contribution in [0.25, 0.3) is 0 Å². The van der Waals surface area contributed by atoms with E-state index in [1.165, 1.54) is 0 Å². The van der Waals surface area contributed by atoms with Crippen molar-refractivity contribution >= 4 is 0 Å². The molecule has 3 nitrogen and oxygen atoms in total. The topological polar surface area (TPSA) is 38.7 Å². The summed E-state index contributed by atoms with van der Waals surface area (Å²) in [5.74, 6) is 0. The summed E-state index contributed by atoms with van der Waals surface area (Å²) in [5, 5.41) is 9.38. The Morgan fingerprint density at radius 3 is 1.93 bits per heavy atom. The molecular weight excluding hydrogens is 213 g/mol. The van der Waals surface area contributed by atoms with Gasteiger partial charge in [-0.1, -0.05) is 0 Å². The second-order valence-corrected chi connectivity index (χ2v) is 3.00.